The zero-order valence-corrected chi connectivity index (χ0v) is 25.7. The van der Waals surface area contributed by atoms with Gasteiger partial charge >= 0.3 is 0 Å². The highest BCUT2D eigenvalue weighted by molar-refractivity contribution is 14.1. The number of rotatable bonds is 8. The summed E-state index contributed by atoms with van der Waals surface area (Å²) < 4.78 is 20.3. The van der Waals surface area contributed by atoms with Crippen molar-refractivity contribution in [3.05, 3.63) is 121 Å². The number of halogens is 2. The molecule has 0 radical (unpaired) electrons. The van der Waals surface area contributed by atoms with E-state index in [1.54, 1.807) is 48.7 Å². The Labute approximate surface area is 260 Å². The first kappa shape index (κ1) is 28.0. The Morgan fingerprint density at radius 3 is 2.64 bits per heavy atom. The minimum absolute atomic E-state index is 0.278. The molecular formula is C33H25ClIN3O4. The second-order valence-electron chi connectivity index (χ2n) is 9.64. The molecule has 0 unspecified atom stereocenters. The third-order valence-corrected chi connectivity index (χ3v) is 7.65. The van der Waals surface area contributed by atoms with E-state index in [9.17, 15) is 4.79 Å². The van der Waals surface area contributed by atoms with Gasteiger partial charge in [-0.1, -0.05) is 53.6 Å². The predicted molar refractivity (Wildman–Crippen MR) is 175 cm³/mol. The van der Waals surface area contributed by atoms with Gasteiger partial charge in [0.25, 0.3) is 5.56 Å². The van der Waals surface area contributed by atoms with E-state index < -0.39 is 0 Å². The SMILES string of the molecule is CCOc1cc(C=Nn2c(-c3cc4cc(Cl)ccc4o3)nc3ccccc3c2=O)cc(I)c1OCc1ccc(C)cc1. The molecule has 7 nitrogen and oxygen atoms in total. The Hall–Kier alpha value is -4.15. The zero-order valence-electron chi connectivity index (χ0n) is 22.8. The number of aryl methyl sites for hydroxylation is 1. The highest BCUT2D eigenvalue weighted by atomic mass is 127. The van der Waals surface area contributed by atoms with Gasteiger partial charge in [0.1, 0.15) is 12.2 Å². The third kappa shape index (κ3) is 5.77. The van der Waals surface area contributed by atoms with Gasteiger partial charge in [0.2, 0.25) is 5.82 Å². The standard InChI is InChI=1S/C33H25ClIN3O4/c1-3-40-29-15-22(14-26(35)31(29)41-19-21-10-8-20(2)9-11-21)18-36-38-32(37-27-7-5-4-6-25(27)33(38)39)30-17-23-16-24(34)12-13-28(23)42-30/h4-18H,3,19H2,1-2H3. The highest BCUT2D eigenvalue weighted by Crippen LogP contribution is 2.35. The third-order valence-electron chi connectivity index (χ3n) is 6.61. The van der Waals surface area contributed by atoms with Crippen LogP contribution in [0.25, 0.3) is 33.5 Å². The van der Waals surface area contributed by atoms with E-state index in [1.165, 1.54) is 10.2 Å². The summed E-state index contributed by atoms with van der Waals surface area (Å²) in [6, 6.07) is 26.3. The fourth-order valence-corrected chi connectivity index (χ4v) is 5.51. The van der Waals surface area contributed by atoms with Gasteiger partial charge in [-0.3, -0.25) is 4.79 Å². The Balaban J connectivity index is 1.40. The molecule has 0 N–H and O–H groups in total. The molecule has 0 aliphatic rings. The molecule has 0 aliphatic carbocycles. The van der Waals surface area contributed by atoms with Crippen molar-refractivity contribution in [2.24, 2.45) is 5.10 Å². The van der Waals surface area contributed by atoms with Gasteiger partial charge in [0, 0.05) is 10.4 Å². The van der Waals surface area contributed by atoms with Crippen LogP contribution in [0.15, 0.2) is 99.2 Å². The van der Waals surface area contributed by atoms with Crippen LogP contribution in [-0.4, -0.2) is 22.5 Å². The summed E-state index contributed by atoms with van der Waals surface area (Å²) >= 11 is 8.41. The van der Waals surface area contributed by atoms with Crippen molar-refractivity contribution < 1.29 is 13.9 Å². The van der Waals surface area contributed by atoms with Crippen molar-refractivity contribution in [1.82, 2.24) is 9.66 Å². The molecule has 9 heteroatoms. The van der Waals surface area contributed by atoms with E-state index in [-0.39, 0.29) is 11.4 Å². The summed E-state index contributed by atoms with van der Waals surface area (Å²) in [5.74, 6) is 1.93. The van der Waals surface area contributed by atoms with E-state index >= 15 is 0 Å². The second kappa shape index (κ2) is 12.0. The van der Waals surface area contributed by atoms with Gasteiger partial charge in [0.05, 0.1) is 27.3 Å². The van der Waals surface area contributed by atoms with Crippen LogP contribution in [0.5, 0.6) is 11.5 Å². The molecule has 0 bridgehead atoms. The molecule has 0 aliphatic heterocycles. The Morgan fingerprint density at radius 2 is 1.83 bits per heavy atom. The summed E-state index contributed by atoms with van der Waals surface area (Å²) in [7, 11) is 0. The Kier molecular flexibility index (Phi) is 7.99. The molecule has 0 saturated carbocycles. The summed E-state index contributed by atoms with van der Waals surface area (Å²) in [6.45, 7) is 4.85. The van der Waals surface area contributed by atoms with Crippen LogP contribution in [0.2, 0.25) is 5.02 Å². The average Bonchev–Trinajstić information content (AvgIpc) is 3.40. The lowest BCUT2D eigenvalue weighted by molar-refractivity contribution is 0.267. The van der Waals surface area contributed by atoms with Gasteiger partial charge in [0.15, 0.2) is 17.3 Å². The van der Waals surface area contributed by atoms with Crippen molar-refractivity contribution >= 4 is 62.3 Å². The number of nitrogens with zero attached hydrogens (tertiary/aromatic N) is 3. The smallest absolute Gasteiger partial charge is 0.282 e. The highest BCUT2D eigenvalue weighted by Gasteiger charge is 2.17. The van der Waals surface area contributed by atoms with E-state index in [1.807, 2.05) is 37.3 Å². The van der Waals surface area contributed by atoms with Crippen LogP contribution in [-0.2, 0) is 6.61 Å². The fourth-order valence-electron chi connectivity index (χ4n) is 4.54. The molecule has 0 amide bonds. The first-order valence-corrected chi connectivity index (χ1v) is 14.8. The summed E-state index contributed by atoms with van der Waals surface area (Å²) in [5, 5.41) is 6.43. The molecule has 4 aromatic carbocycles. The monoisotopic (exact) mass is 689 g/mol. The molecule has 0 atom stereocenters. The van der Waals surface area contributed by atoms with Crippen molar-refractivity contribution in [1.29, 1.82) is 0 Å². The molecule has 6 aromatic rings. The fraction of sp³-hybridized carbons (Fsp3) is 0.121. The first-order valence-electron chi connectivity index (χ1n) is 13.3. The summed E-state index contributed by atoms with van der Waals surface area (Å²) in [4.78, 5) is 18.4. The van der Waals surface area contributed by atoms with Crippen LogP contribution in [0.4, 0.5) is 0 Å². The van der Waals surface area contributed by atoms with Gasteiger partial charge in [-0.25, -0.2) is 4.98 Å². The van der Waals surface area contributed by atoms with E-state index in [0.29, 0.717) is 52.0 Å². The number of benzene rings is 4. The lowest BCUT2D eigenvalue weighted by Gasteiger charge is -2.15. The molecule has 2 aromatic heterocycles. The lowest BCUT2D eigenvalue weighted by atomic mass is 10.2. The molecule has 210 valence electrons. The number of furan rings is 1. The van der Waals surface area contributed by atoms with E-state index in [0.717, 1.165) is 20.1 Å². The number of fused-ring (bicyclic) bond motifs is 2. The van der Waals surface area contributed by atoms with E-state index in [4.69, 9.17) is 30.5 Å². The topological polar surface area (TPSA) is 78.9 Å². The maximum atomic E-state index is 13.6. The van der Waals surface area contributed by atoms with Crippen molar-refractivity contribution in [3.8, 4) is 23.1 Å². The number of hydrogen-bond acceptors (Lipinski definition) is 6. The van der Waals surface area contributed by atoms with Gasteiger partial charge in [-0.2, -0.15) is 9.78 Å². The quantitative estimate of drug-likeness (QED) is 0.119. The zero-order chi connectivity index (χ0) is 29.2. The first-order chi connectivity index (χ1) is 20.4. The van der Waals surface area contributed by atoms with Crippen LogP contribution in [0.1, 0.15) is 23.6 Å². The van der Waals surface area contributed by atoms with Gasteiger partial charge < -0.3 is 13.9 Å². The molecule has 2 heterocycles. The normalized spacial score (nSPS) is 11.5. The van der Waals surface area contributed by atoms with Crippen molar-refractivity contribution in [3.63, 3.8) is 0 Å². The van der Waals surface area contributed by atoms with Gasteiger partial charge in [-0.05, 0) is 96.1 Å². The Bertz CT molecular complexity index is 2020. The Morgan fingerprint density at radius 1 is 1.02 bits per heavy atom. The van der Waals surface area contributed by atoms with Crippen LogP contribution in [0, 0.1) is 10.5 Å². The van der Waals surface area contributed by atoms with Crippen LogP contribution in [0.3, 0.4) is 0 Å². The second-order valence-corrected chi connectivity index (χ2v) is 11.2. The largest absolute Gasteiger partial charge is 0.490 e. The maximum absolute atomic E-state index is 13.6. The van der Waals surface area contributed by atoms with E-state index in [2.05, 4.69) is 46.7 Å². The number of aromatic nitrogens is 2. The summed E-state index contributed by atoms with van der Waals surface area (Å²) in [6.07, 6.45) is 1.61. The van der Waals surface area contributed by atoms with Crippen molar-refractivity contribution in [2.45, 2.75) is 20.5 Å². The molecule has 42 heavy (non-hydrogen) atoms. The minimum atomic E-state index is -0.317. The van der Waals surface area contributed by atoms with Gasteiger partial charge in [-0.15, -0.1) is 0 Å². The van der Waals surface area contributed by atoms with Crippen LogP contribution >= 0.6 is 34.2 Å². The number of ether oxygens (including phenoxy) is 2. The number of hydrogen-bond donors (Lipinski definition) is 0. The summed E-state index contributed by atoms with van der Waals surface area (Å²) in [5.41, 5.74) is 3.85. The molecule has 6 rings (SSSR count). The number of para-hydroxylation sites is 1. The molecule has 0 fully saturated rings. The van der Waals surface area contributed by atoms with Crippen molar-refractivity contribution in [2.75, 3.05) is 6.61 Å². The predicted octanol–water partition coefficient (Wildman–Crippen LogP) is 8.24. The molecule has 0 saturated heterocycles. The molecular weight excluding hydrogens is 665 g/mol. The molecule has 0 spiro atoms. The lowest BCUT2D eigenvalue weighted by Crippen LogP contribution is -2.20. The maximum Gasteiger partial charge on any atom is 0.282 e. The van der Waals surface area contributed by atoms with Crippen LogP contribution < -0.4 is 15.0 Å². The minimum Gasteiger partial charge on any atom is -0.490 e. The average molecular weight is 690 g/mol.